The van der Waals surface area contributed by atoms with Gasteiger partial charge in [0, 0.05) is 32.4 Å². The first-order valence-electron chi connectivity index (χ1n) is 6.31. The first-order valence-corrected chi connectivity index (χ1v) is 6.69. The van der Waals surface area contributed by atoms with E-state index in [0.29, 0.717) is 10.7 Å². The number of rotatable bonds is 1. The topological polar surface area (TPSA) is 49.6 Å². The Balaban J connectivity index is 2.05. The number of carbonyl (C=O) groups is 1. The zero-order valence-corrected chi connectivity index (χ0v) is 11.4. The van der Waals surface area contributed by atoms with Crippen LogP contribution in [0.2, 0.25) is 5.02 Å². The van der Waals surface area contributed by atoms with Crippen LogP contribution in [-0.4, -0.2) is 46.4 Å². The van der Waals surface area contributed by atoms with Crippen LogP contribution in [0.15, 0.2) is 18.3 Å². The molecular weight excluding hydrogens is 264 g/mol. The smallest absolute Gasteiger partial charge is 0.272 e. The molecule has 100 valence electrons. The Kier molecular flexibility index (Phi) is 3.16. The number of nitrogens with one attached hydrogen (secondary N) is 1. The molecule has 5 nitrogen and oxygen atoms in total. The summed E-state index contributed by atoms with van der Waals surface area (Å²) in [6.07, 6.45) is 1.74. The van der Waals surface area contributed by atoms with Crippen LogP contribution in [0.4, 0.5) is 0 Å². The van der Waals surface area contributed by atoms with E-state index >= 15 is 0 Å². The molecule has 1 saturated heterocycles. The second-order valence-corrected chi connectivity index (χ2v) is 5.10. The number of nitrogens with zero attached hydrogens (tertiary/aromatic N) is 3. The molecule has 1 N–H and O–H groups in total. The number of fused-ring (bicyclic) bond motifs is 1. The van der Waals surface area contributed by atoms with Crippen LogP contribution in [0.3, 0.4) is 0 Å². The summed E-state index contributed by atoms with van der Waals surface area (Å²) >= 11 is 6.01. The fourth-order valence-electron chi connectivity index (χ4n) is 2.41. The summed E-state index contributed by atoms with van der Waals surface area (Å²) in [6, 6.07) is 3.60. The number of halogens is 1. The van der Waals surface area contributed by atoms with Gasteiger partial charge in [0.25, 0.3) is 5.91 Å². The van der Waals surface area contributed by atoms with Gasteiger partial charge in [0.15, 0.2) is 0 Å². The number of carbonyl (C=O) groups excluding carboxylic acids is 1. The highest BCUT2D eigenvalue weighted by molar-refractivity contribution is 6.30. The van der Waals surface area contributed by atoms with Gasteiger partial charge in [-0.25, -0.2) is 4.98 Å². The van der Waals surface area contributed by atoms with Crippen molar-refractivity contribution in [2.24, 2.45) is 0 Å². The summed E-state index contributed by atoms with van der Waals surface area (Å²) < 4.78 is 1.78. The summed E-state index contributed by atoms with van der Waals surface area (Å²) in [5, 5.41) is 3.83. The second-order valence-electron chi connectivity index (χ2n) is 4.66. The number of aromatic nitrogens is 2. The van der Waals surface area contributed by atoms with Crippen LogP contribution < -0.4 is 5.32 Å². The molecule has 2 aromatic rings. The second kappa shape index (κ2) is 4.83. The molecule has 0 atom stereocenters. The minimum absolute atomic E-state index is 0.0220. The van der Waals surface area contributed by atoms with Crippen molar-refractivity contribution >= 4 is 23.2 Å². The zero-order chi connectivity index (χ0) is 13.4. The van der Waals surface area contributed by atoms with Crippen molar-refractivity contribution in [2.75, 3.05) is 26.2 Å². The summed E-state index contributed by atoms with van der Waals surface area (Å²) in [6.45, 7) is 4.99. The molecule has 0 bridgehead atoms. The number of hydrogen-bond donors (Lipinski definition) is 1. The van der Waals surface area contributed by atoms with E-state index in [9.17, 15) is 4.79 Å². The van der Waals surface area contributed by atoms with E-state index in [0.717, 1.165) is 37.5 Å². The van der Waals surface area contributed by atoms with Crippen molar-refractivity contribution in [3.63, 3.8) is 0 Å². The van der Waals surface area contributed by atoms with Crippen LogP contribution >= 0.6 is 11.6 Å². The molecule has 19 heavy (non-hydrogen) atoms. The number of amides is 1. The molecule has 0 aliphatic carbocycles. The van der Waals surface area contributed by atoms with Gasteiger partial charge in [-0.2, -0.15) is 0 Å². The lowest BCUT2D eigenvalue weighted by Crippen LogP contribution is -2.46. The molecule has 0 saturated carbocycles. The van der Waals surface area contributed by atoms with Crippen LogP contribution in [0, 0.1) is 6.92 Å². The fraction of sp³-hybridized carbons (Fsp3) is 0.385. The minimum Gasteiger partial charge on any atom is -0.335 e. The first-order chi connectivity index (χ1) is 9.16. The Morgan fingerprint density at radius 1 is 1.37 bits per heavy atom. The number of piperazine rings is 1. The van der Waals surface area contributed by atoms with Gasteiger partial charge in [0.05, 0.1) is 10.7 Å². The van der Waals surface area contributed by atoms with Crippen molar-refractivity contribution in [2.45, 2.75) is 6.92 Å². The van der Waals surface area contributed by atoms with E-state index in [2.05, 4.69) is 10.3 Å². The monoisotopic (exact) mass is 278 g/mol. The third-order valence-corrected chi connectivity index (χ3v) is 3.59. The maximum Gasteiger partial charge on any atom is 0.272 e. The molecule has 6 heteroatoms. The van der Waals surface area contributed by atoms with Gasteiger partial charge in [0.2, 0.25) is 0 Å². The van der Waals surface area contributed by atoms with Gasteiger partial charge in [0.1, 0.15) is 11.3 Å². The average Bonchev–Trinajstić information content (AvgIpc) is 2.74. The molecule has 3 rings (SSSR count). The normalized spacial score (nSPS) is 16.0. The Labute approximate surface area is 116 Å². The van der Waals surface area contributed by atoms with Gasteiger partial charge in [-0.1, -0.05) is 11.6 Å². The molecule has 0 radical (unpaired) electrons. The number of aryl methyl sites for hydroxylation is 1. The number of hydrogen-bond acceptors (Lipinski definition) is 3. The molecule has 1 amide bonds. The van der Waals surface area contributed by atoms with E-state index in [1.54, 1.807) is 16.7 Å². The molecule has 1 aliphatic heterocycles. The van der Waals surface area contributed by atoms with Crippen molar-refractivity contribution in [3.8, 4) is 0 Å². The van der Waals surface area contributed by atoms with Gasteiger partial charge < -0.3 is 10.2 Å². The lowest BCUT2D eigenvalue weighted by atomic mass is 10.2. The lowest BCUT2D eigenvalue weighted by molar-refractivity contribution is 0.0728. The predicted molar refractivity (Wildman–Crippen MR) is 73.7 cm³/mol. The van der Waals surface area contributed by atoms with Crippen molar-refractivity contribution in [1.82, 2.24) is 19.6 Å². The van der Waals surface area contributed by atoms with Gasteiger partial charge in [-0.05, 0) is 19.1 Å². The number of imidazole rings is 1. The minimum atomic E-state index is 0.0220. The van der Waals surface area contributed by atoms with E-state index in [1.165, 1.54) is 0 Å². The first kappa shape index (κ1) is 12.4. The van der Waals surface area contributed by atoms with Crippen molar-refractivity contribution in [1.29, 1.82) is 0 Å². The number of pyridine rings is 1. The van der Waals surface area contributed by atoms with Gasteiger partial charge in [-0.15, -0.1) is 0 Å². The van der Waals surface area contributed by atoms with Gasteiger partial charge >= 0.3 is 0 Å². The highest BCUT2D eigenvalue weighted by Gasteiger charge is 2.23. The zero-order valence-electron chi connectivity index (χ0n) is 10.7. The summed E-state index contributed by atoms with van der Waals surface area (Å²) in [4.78, 5) is 18.9. The largest absolute Gasteiger partial charge is 0.335 e. The molecule has 1 fully saturated rings. The predicted octanol–water partition coefficient (Wildman–Crippen LogP) is 1.34. The van der Waals surface area contributed by atoms with Crippen LogP contribution in [0.25, 0.3) is 5.65 Å². The Hall–Kier alpha value is -1.59. The van der Waals surface area contributed by atoms with Crippen LogP contribution in [0.1, 0.15) is 16.2 Å². The Morgan fingerprint density at radius 2 is 2.11 bits per heavy atom. The molecule has 0 aromatic carbocycles. The Morgan fingerprint density at radius 3 is 2.84 bits per heavy atom. The van der Waals surface area contributed by atoms with E-state index in [-0.39, 0.29) is 5.91 Å². The van der Waals surface area contributed by atoms with Crippen molar-refractivity contribution in [3.05, 3.63) is 34.7 Å². The highest BCUT2D eigenvalue weighted by Crippen LogP contribution is 2.18. The Bertz CT molecular complexity index is 631. The molecule has 3 heterocycles. The third-order valence-electron chi connectivity index (χ3n) is 3.36. The SMILES string of the molecule is Cc1nc2ccc(Cl)cn2c1C(=O)N1CCNCC1. The third kappa shape index (κ3) is 2.19. The molecule has 1 aliphatic rings. The summed E-state index contributed by atoms with van der Waals surface area (Å²) in [5.41, 5.74) is 2.10. The van der Waals surface area contributed by atoms with Gasteiger partial charge in [-0.3, -0.25) is 9.20 Å². The van der Waals surface area contributed by atoms with E-state index in [4.69, 9.17) is 11.6 Å². The lowest BCUT2D eigenvalue weighted by Gasteiger charge is -2.27. The summed E-state index contributed by atoms with van der Waals surface area (Å²) in [7, 11) is 0. The average molecular weight is 279 g/mol. The van der Waals surface area contributed by atoms with E-state index < -0.39 is 0 Å². The maximum atomic E-state index is 12.6. The van der Waals surface area contributed by atoms with Crippen LogP contribution in [-0.2, 0) is 0 Å². The molecule has 0 spiro atoms. The van der Waals surface area contributed by atoms with E-state index in [1.807, 2.05) is 17.9 Å². The van der Waals surface area contributed by atoms with Crippen LogP contribution in [0.5, 0.6) is 0 Å². The molecular formula is C13H15ClN4O. The fourth-order valence-corrected chi connectivity index (χ4v) is 2.57. The standard InChI is InChI=1S/C13H15ClN4O/c1-9-12(13(19)17-6-4-15-5-7-17)18-8-10(14)2-3-11(18)16-9/h2-3,8,15H,4-7H2,1H3. The molecule has 0 unspecified atom stereocenters. The van der Waals surface area contributed by atoms with Crippen molar-refractivity contribution < 1.29 is 4.79 Å². The molecule has 2 aromatic heterocycles. The summed E-state index contributed by atoms with van der Waals surface area (Å²) in [5.74, 6) is 0.0220. The quantitative estimate of drug-likeness (QED) is 0.856. The highest BCUT2D eigenvalue weighted by atomic mass is 35.5. The maximum absolute atomic E-state index is 12.6.